The Hall–Kier alpha value is -1.51. The Morgan fingerprint density at radius 1 is 1.35 bits per heavy atom. The van der Waals surface area contributed by atoms with Crippen molar-refractivity contribution >= 4 is 5.91 Å². The lowest BCUT2D eigenvalue weighted by Crippen LogP contribution is -2.36. The van der Waals surface area contributed by atoms with Crippen molar-refractivity contribution in [2.75, 3.05) is 6.61 Å². The predicted octanol–water partition coefficient (Wildman–Crippen LogP) is 3.32. The van der Waals surface area contributed by atoms with Gasteiger partial charge in [-0.2, -0.15) is 0 Å². The Bertz CT molecular complexity index is 451. The Kier molecular flexibility index (Phi) is 4.69. The van der Waals surface area contributed by atoms with Gasteiger partial charge >= 0.3 is 0 Å². The third kappa shape index (κ3) is 4.26. The first-order valence-electron chi connectivity index (χ1n) is 7.49. The molecule has 1 aliphatic rings. The molecule has 3 heteroatoms. The van der Waals surface area contributed by atoms with Gasteiger partial charge in [-0.05, 0) is 48.8 Å². The van der Waals surface area contributed by atoms with E-state index >= 15 is 0 Å². The molecule has 1 aromatic rings. The van der Waals surface area contributed by atoms with Gasteiger partial charge in [0.05, 0.1) is 0 Å². The van der Waals surface area contributed by atoms with Crippen LogP contribution in [0.4, 0.5) is 0 Å². The minimum Gasteiger partial charge on any atom is -0.484 e. The monoisotopic (exact) mass is 275 g/mol. The summed E-state index contributed by atoms with van der Waals surface area (Å²) in [4.78, 5) is 11.9. The smallest absolute Gasteiger partial charge is 0.258 e. The molecule has 2 rings (SSSR count). The van der Waals surface area contributed by atoms with E-state index in [1.807, 2.05) is 24.3 Å². The second kappa shape index (κ2) is 6.29. The fourth-order valence-electron chi connectivity index (χ4n) is 2.80. The molecule has 0 saturated heterocycles. The normalized spacial score (nSPS) is 20.6. The van der Waals surface area contributed by atoms with Crippen LogP contribution in [-0.2, 0) is 11.2 Å². The average molecular weight is 275 g/mol. The van der Waals surface area contributed by atoms with Gasteiger partial charge in [0, 0.05) is 6.04 Å². The predicted molar refractivity (Wildman–Crippen MR) is 80.9 cm³/mol. The zero-order valence-electron chi connectivity index (χ0n) is 12.7. The maximum Gasteiger partial charge on any atom is 0.258 e. The van der Waals surface area contributed by atoms with E-state index < -0.39 is 0 Å². The number of hydrogen-bond donors (Lipinski definition) is 1. The van der Waals surface area contributed by atoms with E-state index in [9.17, 15) is 4.79 Å². The van der Waals surface area contributed by atoms with Gasteiger partial charge in [-0.25, -0.2) is 0 Å². The van der Waals surface area contributed by atoms with Gasteiger partial charge < -0.3 is 10.1 Å². The topological polar surface area (TPSA) is 38.3 Å². The standard InChI is InChI=1S/C17H25NO2/c1-4-13-5-7-15(8-6-13)20-12-16(19)18-14-9-10-17(2,3)11-14/h5-8,14H,4,9-12H2,1-3H3,(H,18,19). The molecule has 110 valence electrons. The molecule has 0 aromatic heterocycles. The average Bonchev–Trinajstić information content (AvgIpc) is 2.76. The van der Waals surface area contributed by atoms with Crippen molar-refractivity contribution in [3.05, 3.63) is 29.8 Å². The van der Waals surface area contributed by atoms with E-state index in [1.54, 1.807) is 0 Å². The molecule has 1 N–H and O–H groups in total. The van der Waals surface area contributed by atoms with E-state index in [0.29, 0.717) is 11.5 Å². The largest absolute Gasteiger partial charge is 0.484 e. The molecular formula is C17H25NO2. The molecule has 0 aliphatic heterocycles. The minimum absolute atomic E-state index is 0.0210. The highest BCUT2D eigenvalue weighted by Crippen LogP contribution is 2.36. The van der Waals surface area contributed by atoms with Crippen LogP contribution in [0.25, 0.3) is 0 Å². The van der Waals surface area contributed by atoms with Crippen molar-refractivity contribution in [3.8, 4) is 5.75 Å². The van der Waals surface area contributed by atoms with E-state index in [-0.39, 0.29) is 12.5 Å². The van der Waals surface area contributed by atoms with Gasteiger partial charge in [0.25, 0.3) is 5.91 Å². The van der Waals surface area contributed by atoms with Crippen LogP contribution < -0.4 is 10.1 Å². The first kappa shape index (κ1) is 14.9. The van der Waals surface area contributed by atoms with E-state index in [0.717, 1.165) is 25.0 Å². The van der Waals surface area contributed by atoms with Crippen LogP contribution in [0.1, 0.15) is 45.6 Å². The second-order valence-corrected chi connectivity index (χ2v) is 6.46. The molecule has 0 heterocycles. The molecule has 1 amide bonds. The zero-order chi connectivity index (χ0) is 14.6. The third-order valence-corrected chi connectivity index (χ3v) is 4.04. The lowest BCUT2D eigenvalue weighted by atomic mass is 9.92. The number of aryl methyl sites for hydroxylation is 1. The number of ether oxygens (including phenoxy) is 1. The van der Waals surface area contributed by atoms with Crippen molar-refractivity contribution in [1.82, 2.24) is 5.32 Å². The molecule has 1 atom stereocenters. The summed E-state index contributed by atoms with van der Waals surface area (Å²) in [5.41, 5.74) is 1.63. The SMILES string of the molecule is CCc1ccc(OCC(=O)NC2CCC(C)(C)C2)cc1. The summed E-state index contributed by atoms with van der Waals surface area (Å²) in [6.07, 6.45) is 4.32. The highest BCUT2D eigenvalue weighted by Gasteiger charge is 2.31. The molecule has 0 spiro atoms. The summed E-state index contributed by atoms with van der Waals surface area (Å²) in [5, 5.41) is 3.06. The van der Waals surface area contributed by atoms with Crippen LogP contribution in [0, 0.1) is 5.41 Å². The van der Waals surface area contributed by atoms with Crippen LogP contribution in [0.5, 0.6) is 5.75 Å². The molecular weight excluding hydrogens is 250 g/mol. The number of amides is 1. The van der Waals surface area contributed by atoms with Crippen LogP contribution in [0.3, 0.4) is 0 Å². The summed E-state index contributed by atoms with van der Waals surface area (Å²) >= 11 is 0. The fraction of sp³-hybridized carbons (Fsp3) is 0.588. The summed E-state index contributed by atoms with van der Waals surface area (Å²) < 4.78 is 5.52. The maximum absolute atomic E-state index is 11.9. The summed E-state index contributed by atoms with van der Waals surface area (Å²) in [6, 6.07) is 8.22. The van der Waals surface area contributed by atoms with Gasteiger partial charge in [0.15, 0.2) is 6.61 Å². The van der Waals surface area contributed by atoms with E-state index in [4.69, 9.17) is 4.74 Å². The minimum atomic E-state index is -0.0210. The van der Waals surface area contributed by atoms with Crippen molar-refractivity contribution in [1.29, 1.82) is 0 Å². The fourth-order valence-corrected chi connectivity index (χ4v) is 2.80. The maximum atomic E-state index is 11.9. The van der Waals surface area contributed by atoms with Crippen LogP contribution >= 0.6 is 0 Å². The lowest BCUT2D eigenvalue weighted by Gasteiger charge is -2.18. The van der Waals surface area contributed by atoms with Crippen molar-refractivity contribution in [2.24, 2.45) is 5.41 Å². The number of hydrogen-bond acceptors (Lipinski definition) is 2. The number of carbonyl (C=O) groups excluding carboxylic acids is 1. The summed E-state index contributed by atoms with van der Waals surface area (Å²) in [5.74, 6) is 0.733. The Labute approximate surface area is 121 Å². The van der Waals surface area contributed by atoms with Crippen LogP contribution in [-0.4, -0.2) is 18.6 Å². The van der Waals surface area contributed by atoms with Crippen molar-refractivity contribution < 1.29 is 9.53 Å². The summed E-state index contributed by atoms with van der Waals surface area (Å²) in [7, 11) is 0. The van der Waals surface area contributed by atoms with Gasteiger partial charge in [0.1, 0.15) is 5.75 Å². The number of nitrogens with one attached hydrogen (secondary N) is 1. The first-order chi connectivity index (χ1) is 9.48. The molecule has 1 fully saturated rings. The van der Waals surface area contributed by atoms with Gasteiger partial charge in [-0.1, -0.05) is 32.9 Å². The third-order valence-electron chi connectivity index (χ3n) is 4.04. The van der Waals surface area contributed by atoms with E-state index in [1.165, 1.54) is 12.0 Å². The highest BCUT2D eigenvalue weighted by molar-refractivity contribution is 5.77. The lowest BCUT2D eigenvalue weighted by molar-refractivity contribution is -0.123. The number of rotatable bonds is 5. The Morgan fingerprint density at radius 2 is 2.05 bits per heavy atom. The molecule has 0 bridgehead atoms. The van der Waals surface area contributed by atoms with Crippen molar-refractivity contribution in [3.63, 3.8) is 0 Å². The molecule has 20 heavy (non-hydrogen) atoms. The molecule has 1 aliphatic carbocycles. The molecule has 1 saturated carbocycles. The van der Waals surface area contributed by atoms with E-state index in [2.05, 4.69) is 26.1 Å². The van der Waals surface area contributed by atoms with Gasteiger partial charge in [0.2, 0.25) is 0 Å². The Balaban J connectivity index is 1.74. The molecule has 3 nitrogen and oxygen atoms in total. The molecule has 0 radical (unpaired) electrons. The quantitative estimate of drug-likeness (QED) is 0.895. The van der Waals surface area contributed by atoms with Crippen molar-refractivity contribution in [2.45, 2.75) is 52.5 Å². The number of benzene rings is 1. The number of carbonyl (C=O) groups is 1. The summed E-state index contributed by atoms with van der Waals surface area (Å²) in [6.45, 7) is 6.73. The zero-order valence-corrected chi connectivity index (χ0v) is 12.7. The molecule has 1 unspecified atom stereocenters. The highest BCUT2D eigenvalue weighted by atomic mass is 16.5. The molecule has 1 aromatic carbocycles. The second-order valence-electron chi connectivity index (χ2n) is 6.46. The van der Waals surface area contributed by atoms with Gasteiger partial charge in [-0.15, -0.1) is 0 Å². The van der Waals surface area contributed by atoms with Crippen LogP contribution in [0.2, 0.25) is 0 Å². The first-order valence-corrected chi connectivity index (χ1v) is 7.49. The Morgan fingerprint density at radius 3 is 2.60 bits per heavy atom. The van der Waals surface area contributed by atoms with Gasteiger partial charge in [-0.3, -0.25) is 4.79 Å². The van der Waals surface area contributed by atoms with Crippen LogP contribution in [0.15, 0.2) is 24.3 Å².